The average Bonchev–Trinajstić information content (AvgIpc) is 2.28. The van der Waals surface area contributed by atoms with E-state index in [-0.39, 0.29) is 17.0 Å². The van der Waals surface area contributed by atoms with E-state index in [4.69, 9.17) is 16.3 Å². The summed E-state index contributed by atoms with van der Waals surface area (Å²) in [6.07, 6.45) is 7.04. The van der Waals surface area contributed by atoms with Gasteiger partial charge in [0.15, 0.2) is 5.82 Å². The Morgan fingerprint density at radius 2 is 2.18 bits per heavy atom. The van der Waals surface area contributed by atoms with Crippen molar-refractivity contribution in [3.63, 3.8) is 0 Å². The van der Waals surface area contributed by atoms with Crippen LogP contribution in [-0.2, 0) is 0 Å². The lowest BCUT2D eigenvalue weighted by Gasteiger charge is -2.14. The first-order valence-corrected chi connectivity index (χ1v) is 6.49. The van der Waals surface area contributed by atoms with Crippen LogP contribution in [0.4, 0.5) is 4.39 Å². The standard InChI is InChI=1S/C13H19ClFNO/c1-3-4-5-6-7-10(2)17-13-12(15)8-11(14)9-16-13/h8-10H,3-7H2,1-2H3. The molecule has 1 atom stereocenters. The highest BCUT2D eigenvalue weighted by Crippen LogP contribution is 2.19. The third-order valence-electron chi connectivity index (χ3n) is 2.55. The maximum absolute atomic E-state index is 13.4. The Balaban J connectivity index is 2.37. The van der Waals surface area contributed by atoms with Gasteiger partial charge >= 0.3 is 0 Å². The van der Waals surface area contributed by atoms with Gasteiger partial charge in [0, 0.05) is 6.20 Å². The summed E-state index contributed by atoms with van der Waals surface area (Å²) in [5.74, 6) is -0.463. The summed E-state index contributed by atoms with van der Waals surface area (Å²) >= 11 is 5.61. The van der Waals surface area contributed by atoms with Crippen molar-refractivity contribution in [1.29, 1.82) is 0 Å². The number of pyridine rings is 1. The molecule has 2 nitrogen and oxygen atoms in total. The van der Waals surface area contributed by atoms with Gasteiger partial charge in [-0.2, -0.15) is 0 Å². The third kappa shape index (κ3) is 5.35. The van der Waals surface area contributed by atoms with Crippen LogP contribution in [0.25, 0.3) is 0 Å². The highest BCUT2D eigenvalue weighted by atomic mass is 35.5. The maximum Gasteiger partial charge on any atom is 0.250 e. The number of ether oxygens (including phenoxy) is 1. The summed E-state index contributed by atoms with van der Waals surface area (Å²) in [4.78, 5) is 3.83. The number of aromatic nitrogens is 1. The maximum atomic E-state index is 13.4. The highest BCUT2D eigenvalue weighted by Gasteiger charge is 2.10. The largest absolute Gasteiger partial charge is 0.473 e. The molecule has 1 unspecified atom stereocenters. The fourth-order valence-electron chi connectivity index (χ4n) is 1.60. The normalized spacial score (nSPS) is 12.5. The van der Waals surface area contributed by atoms with E-state index < -0.39 is 5.82 Å². The number of hydrogen-bond acceptors (Lipinski definition) is 2. The minimum atomic E-state index is -0.502. The minimum Gasteiger partial charge on any atom is -0.473 e. The van der Waals surface area contributed by atoms with E-state index in [1.807, 2.05) is 6.92 Å². The molecule has 4 heteroatoms. The van der Waals surface area contributed by atoms with Crippen molar-refractivity contribution in [3.05, 3.63) is 23.1 Å². The Morgan fingerprint density at radius 3 is 2.82 bits per heavy atom. The average molecular weight is 260 g/mol. The Labute approximate surface area is 107 Å². The molecule has 0 saturated heterocycles. The molecule has 17 heavy (non-hydrogen) atoms. The lowest BCUT2D eigenvalue weighted by molar-refractivity contribution is 0.189. The summed E-state index contributed by atoms with van der Waals surface area (Å²) in [7, 11) is 0. The fourth-order valence-corrected chi connectivity index (χ4v) is 1.74. The molecular formula is C13H19ClFNO. The zero-order valence-electron chi connectivity index (χ0n) is 10.4. The monoisotopic (exact) mass is 259 g/mol. The van der Waals surface area contributed by atoms with Gasteiger partial charge in [-0.25, -0.2) is 9.37 Å². The molecule has 1 aromatic rings. The van der Waals surface area contributed by atoms with E-state index in [0.29, 0.717) is 0 Å². The third-order valence-corrected chi connectivity index (χ3v) is 2.76. The molecular weight excluding hydrogens is 241 g/mol. The molecule has 0 bridgehead atoms. The van der Waals surface area contributed by atoms with Crippen molar-refractivity contribution in [2.24, 2.45) is 0 Å². The van der Waals surface area contributed by atoms with Crippen LogP contribution in [-0.4, -0.2) is 11.1 Å². The van der Waals surface area contributed by atoms with Crippen LogP contribution in [0.5, 0.6) is 5.88 Å². The molecule has 0 aliphatic carbocycles. The van der Waals surface area contributed by atoms with Crippen molar-refractivity contribution >= 4 is 11.6 Å². The van der Waals surface area contributed by atoms with Crippen LogP contribution >= 0.6 is 11.6 Å². The Kier molecular flexibility index (Phi) is 6.27. The molecule has 1 rings (SSSR count). The van der Waals surface area contributed by atoms with Gasteiger partial charge in [-0.3, -0.25) is 0 Å². The van der Waals surface area contributed by atoms with E-state index in [9.17, 15) is 4.39 Å². The second kappa shape index (κ2) is 7.49. The van der Waals surface area contributed by atoms with E-state index in [1.165, 1.54) is 31.5 Å². The van der Waals surface area contributed by atoms with Gasteiger partial charge in [-0.05, 0) is 25.8 Å². The van der Waals surface area contributed by atoms with Crippen LogP contribution < -0.4 is 4.74 Å². The second-order valence-electron chi connectivity index (χ2n) is 4.22. The molecule has 0 spiro atoms. The molecule has 0 amide bonds. The second-order valence-corrected chi connectivity index (χ2v) is 4.65. The van der Waals surface area contributed by atoms with Crippen molar-refractivity contribution < 1.29 is 9.13 Å². The first-order chi connectivity index (χ1) is 8.13. The number of rotatable bonds is 7. The van der Waals surface area contributed by atoms with Gasteiger partial charge in [0.05, 0.1) is 11.1 Å². The van der Waals surface area contributed by atoms with Crippen molar-refractivity contribution in [2.75, 3.05) is 0 Å². The van der Waals surface area contributed by atoms with E-state index in [0.717, 1.165) is 12.8 Å². The first-order valence-electron chi connectivity index (χ1n) is 6.11. The Hall–Kier alpha value is -0.830. The van der Waals surface area contributed by atoms with Crippen molar-refractivity contribution in [2.45, 2.75) is 52.1 Å². The highest BCUT2D eigenvalue weighted by molar-refractivity contribution is 6.30. The summed E-state index contributed by atoms with van der Waals surface area (Å²) in [6.45, 7) is 4.11. The van der Waals surface area contributed by atoms with Gasteiger partial charge < -0.3 is 4.74 Å². The molecule has 0 fully saturated rings. The number of unbranched alkanes of at least 4 members (excludes halogenated alkanes) is 3. The molecule has 0 saturated carbocycles. The number of halogens is 2. The summed E-state index contributed by atoms with van der Waals surface area (Å²) in [5, 5.41) is 0.283. The zero-order chi connectivity index (χ0) is 12.7. The van der Waals surface area contributed by atoms with Crippen molar-refractivity contribution in [1.82, 2.24) is 4.98 Å². The Morgan fingerprint density at radius 1 is 1.41 bits per heavy atom. The van der Waals surface area contributed by atoms with E-state index in [1.54, 1.807) is 0 Å². The molecule has 0 aliphatic rings. The smallest absolute Gasteiger partial charge is 0.250 e. The molecule has 96 valence electrons. The fraction of sp³-hybridized carbons (Fsp3) is 0.615. The molecule has 1 aromatic heterocycles. The predicted octanol–water partition coefficient (Wildman–Crippen LogP) is 4.61. The van der Waals surface area contributed by atoms with Crippen LogP contribution in [0.1, 0.15) is 46.0 Å². The van der Waals surface area contributed by atoms with Gasteiger partial charge in [0.2, 0.25) is 0 Å². The van der Waals surface area contributed by atoms with Crippen LogP contribution in [0.2, 0.25) is 5.02 Å². The zero-order valence-corrected chi connectivity index (χ0v) is 11.1. The topological polar surface area (TPSA) is 22.1 Å². The van der Waals surface area contributed by atoms with Crippen LogP contribution in [0, 0.1) is 5.82 Å². The van der Waals surface area contributed by atoms with Crippen LogP contribution in [0.15, 0.2) is 12.3 Å². The summed E-state index contributed by atoms with van der Waals surface area (Å²) in [5.41, 5.74) is 0. The first kappa shape index (κ1) is 14.2. The van der Waals surface area contributed by atoms with E-state index in [2.05, 4.69) is 11.9 Å². The van der Waals surface area contributed by atoms with Crippen LogP contribution in [0.3, 0.4) is 0 Å². The van der Waals surface area contributed by atoms with Gasteiger partial charge in [-0.1, -0.05) is 37.8 Å². The van der Waals surface area contributed by atoms with Gasteiger partial charge in [0.25, 0.3) is 5.88 Å². The number of hydrogen-bond donors (Lipinski definition) is 0. The summed E-state index contributed by atoms with van der Waals surface area (Å²) < 4.78 is 18.8. The van der Waals surface area contributed by atoms with E-state index >= 15 is 0 Å². The molecule has 0 radical (unpaired) electrons. The molecule has 1 heterocycles. The van der Waals surface area contributed by atoms with Crippen molar-refractivity contribution in [3.8, 4) is 5.88 Å². The molecule has 0 N–H and O–H groups in total. The quantitative estimate of drug-likeness (QED) is 0.667. The predicted molar refractivity (Wildman–Crippen MR) is 68.1 cm³/mol. The van der Waals surface area contributed by atoms with Gasteiger partial charge in [-0.15, -0.1) is 0 Å². The molecule has 0 aliphatic heterocycles. The van der Waals surface area contributed by atoms with Gasteiger partial charge in [0.1, 0.15) is 0 Å². The summed E-state index contributed by atoms with van der Waals surface area (Å²) in [6, 6.07) is 1.22. The molecule has 0 aromatic carbocycles. The lowest BCUT2D eigenvalue weighted by Crippen LogP contribution is -2.13. The minimum absolute atomic E-state index is 0.0185. The lowest BCUT2D eigenvalue weighted by atomic mass is 10.1. The SMILES string of the molecule is CCCCCCC(C)Oc1ncc(Cl)cc1F. The Bertz CT molecular complexity index is 346. The number of nitrogens with zero attached hydrogens (tertiary/aromatic N) is 1.